The SMILES string of the molecule is CCCCc1ccc(OCc2ccc(Cl)nc2Cl)cc1. The minimum atomic E-state index is 0.386. The summed E-state index contributed by atoms with van der Waals surface area (Å²) >= 11 is 11.8. The van der Waals surface area contributed by atoms with Gasteiger partial charge in [0, 0.05) is 5.56 Å². The lowest BCUT2D eigenvalue weighted by molar-refractivity contribution is 0.306. The Kier molecular flexibility index (Phi) is 5.69. The van der Waals surface area contributed by atoms with Crippen LogP contribution in [-0.4, -0.2) is 4.98 Å². The van der Waals surface area contributed by atoms with Gasteiger partial charge in [-0.3, -0.25) is 0 Å². The largest absolute Gasteiger partial charge is 0.489 e. The highest BCUT2D eigenvalue weighted by molar-refractivity contribution is 6.32. The fraction of sp³-hybridized carbons (Fsp3) is 0.312. The second-order valence-electron chi connectivity index (χ2n) is 4.62. The zero-order valence-corrected chi connectivity index (χ0v) is 12.9. The van der Waals surface area contributed by atoms with E-state index in [-0.39, 0.29) is 0 Å². The number of hydrogen-bond acceptors (Lipinski definition) is 2. The molecule has 0 amide bonds. The first-order valence-corrected chi connectivity index (χ1v) is 7.47. The molecule has 2 nitrogen and oxygen atoms in total. The van der Waals surface area contributed by atoms with Gasteiger partial charge in [-0.1, -0.05) is 48.7 Å². The highest BCUT2D eigenvalue weighted by Crippen LogP contribution is 2.20. The molecule has 0 saturated carbocycles. The topological polar surface area (TPSA) is 22.1 Å². The lowest BCUT2D eigenvalue weighted by Crippen LogP contribution is -1.97. The van der Waals surface area contributed by atoms with Crippen molar-refractivity contribution in [2.75, 3.05) is 0 Å². The van der Waals surface area contributed by atoms with Crippen LogP contribution in [0.3, 0.4) is 0 Å². The molecule has 0 radical (unpaired) electrons. The second kappa shape index (κ2) is 7.51. The van der Waals surface area contributed by atoms with E-state index >= 15 is 0 Å². The molecular formula is C16H17Cl2NO. The van der Waals surface area contributed by atoms with E-state index in [0.717, 1.165) is 17.7 Å². The number of hydrogen-bond donors (Lipinski definition) is 0. The predicted molar refractivity (Wildman–Crippen MR) is 83.6 cm³/mol. The molecule has 0 aliphatic rings. The molecule has 0 fully saturated rings. The molecule has 4 heteroatoms. The maximum atomic E-state index is 6.00. The lowest BCUT2D eigenvalue weighted by atomic mass is 10.1. The van der Waals surface area contributed by atoms with Crippen molar-refractivity contribution in [1.82, 2.24) is 4.98 Å². The summed E-state index contributed by atoms with van der Waals surface area (Å²) in [6.45, 7) is 2.58. The quantitative estimate of drug-likeness (QED) is 0.675. The third kappa shape index (κ3) is 4.39. The van der Waals surface area contributed by atoms with E-state index in [9.17, 15) is 0 Å². The summed E-state index contributed by atoms with van der Waals surface area (Å²) in [5.41, 5.74) is 2.16. The molecule has 1 heterocycles. The Labute approximate surface area is 129 Å². The molecule has 0 aliphatic heterocycles. The van der Waals surface area contributed by atoms with Crippen molar-refractivity contribution in [2.45, 2.75) is 32.8 Å². The predicted octanol–water partition coefficient (Wildman–Crippen LogP) is 5.31. The van der Waals surface area contributed by atoms with Crippen molar-refractivity contribution in [2.24, 2.45) is 0 Å². The summed E-state index contributed by atoms with van der Waals surface area (Å²) in [7, 11) is 0. The van der Waals surface area contributed by atoms with Crippen LogP contribution >= 0.6 is 23.2 Å². The van der Waals surface area contributed by atoms with Crippen LogP contribution in [0.2, 0.25) is 10.3 Å². The molecule has 0 bridgehead atoms. The van der Waals surface area contributed by atoms with Crippen LogP contribution in [0.1, 0.15) is 30.9 Å². The third-order valence-corrected chi connectivity index (χ3v) is 3.57. The number of unbranched alkanes of at least 4 members (excludes halogenated alkanes) is 1. The third-order valence-electron chi connectivity index (χ3n) is 3.03. The Hall–Kier alpha value is -1.25. The number of halogens is 2. The fourth-order valence-electron chi connectivity index (χ4n) is 1.84. The Morgan fingerprint density at radius 2 is 1.80 bits per heavy atom. The Bertz CT molecular complexity index is 555. The molecule has 0 aliphatic carbocycles. The molecule has 0 N–H and O–H groups in total. The van der Waals surface area contributed by atoms with Crippen molar-refractivity contribution < 1.29 is 4.74 Å². The van der Waals surface area contributed by atoms with Gasteiger partial charge in [-0.15, -0.1) is 0 Å². The van der Waals surface area contributed by atoms with E-state index < -0.39 is 0 Å². The Balaban J connectivity index is 1.93. The summed E-state index contributed by atoms with van der Waals surface area (Å²) in [6, 6.07) is 11.7. The van der Waals surface area contributed by atoms with Gasteiger partial charge in [0.1, 0.15) is 22.7 Å². The second-order valence-corrected chi connectivity index (χ2v) is 5.37. The molecule has 0 saturated heterocycles. The molecule has 0 atom stereocenters. The maximum absolute atomic E-state index is 6.00. The number of aryl methyl sites for hydroxylation is 1. The number of benzene rings is 1. The smallest absolute Gasteiger partial charge is 0.137 e. The van der Waals surface area contributed by atoms with E-state index in [1.165, 1.54) is 18.4 Å². The maximum Gasteiger partial charge on any atom is 0.137 e. The minimum absolute atomic E-state index is 0.386. The minimum Gasteiger partial charge on any atom is -0.489 e. The van der Waals surface area contributed by atoms with Gasteiger partial charge >= 0.3 is 0 Å². The van der Waals surface area contributed by atoms with Gasteiger partial charge in [0.25, 0.3) is 0 Å². The number of aromatic nitrogens is 1. The summed E-state index contributed by atoms with van der Waals surface area (Å²) in [5, 5.41) is 0.774. The van der Waals surface area contributed by atoms with E-state index in [0.29, 0.717) is 16.9 Å². The zero-order valence-electron chi connectivity index (χ0n) is 11.4. The molecule has 106 valence electrons. The normalized spacial score (nSPS) is 10.6. The van der Waals surface area contributed by atoms with E-state index in [2.05, 4.69) is 24.0 Å². The Morgan fingerprint density at radius 1 is 1.05 bits per heavy atom. The van der Waals surface area contributed by atoms with Crippen LogP contribution in [0.15, 0.2) is 36.4 Å². The zero-order chi connectivity index (χ0) is 14.4. The Morgan fingerprint density at radius 3 is 2.45 bits per heavy atom. The van der Waals surface area contributed by atoms with Gasteiger partial charge in [-0.05, 0) is 42.7 Å². The molecule has 1 aromatic carbocycles. The number of rotatable bonds is 6. The summed E-state index contributed by atoms with van der Waals surface area (Å²) < 4.78 is 5.70. The van der Waals surface area contributed by atoms with E-state index in [1.807, 2.05) is 18.2 Å². The summed E-state index contributed by atoms with van der Waals surface area (Å²) in [6.07, 6.45) is 3.54. The standard InChI is InChI=1S/C16H17Cl2NO/c1-2-3-4-12-5-8-14(9-6-12)20-11-13-7-10-15(17)19-16(13)18/h5-10H,2-4,11H2,1H3. The first kappa shape index (κ1) is 15.1. The summed E-state index contributed by atoms with van der Waals surface area (Å²) in [4.78, 5) is 3.98. The molecule has 1 aromatic heterocycles. The van der Waals surface area contributed by atoms with Crippen molar-refractivity contribution in [3.8, 4) is 5.75 Å². The van der Waals surface area contributed by atoms with Crippen molar-refractivity contribution >= 4 is 23.2 Å². The number of ether oxygens (including phenoxy) is 1. The number of pyridine rings is 1. The van der Waals surface area contributed by atoms with Crippen LogP contribution in [0.5, 0.6) is 5.75 Å². The van der Waals surface area contributed by atoms with Crippen LogP contribution in [0, 0.1) is 0 Å². The van der Waals surface area contributed by atoms with Gasteiger partial charge in [0.15, 0.2) is 0 Å². The molecule has 20 heavy (non-hydrogen) atoms. The van der Waals surface area contributed by atoms with Crippen LogP contribution < -0.4 is 4.74 Å². The molecule has 0 unspecified atom stereocenters. The van der Waals surface area contributed by atoms with Crippen LogP contribution in [0.25, 0.3) is 0 Å². The molecule has 2 aromatic rings. The van der Waals surface area contributed by atoms with Crippen molar-refractivity contribution in [3.63, 3.8) is 0 Å². The van der Waals surface area contributed by atoms with Crippen molar-refractivity contribution in [3.05, 3.63) is 57.8 Å². The average molecular weight is 310 g/mol. The molecular weight excluding hydrogens is 293 g/mol. The first-order valence-electron chi connectivity index (χ1n) is 6.71. The van der Waals surface area contributed by atoms with Gasteiger partial charge in [-0.2, -0.15) is 0 Å². The highest BCUT2D eigenvalue weighted by Gasteiger charge is 2.04. The monoisotopic (exact) mass is 309 g/mol. The number of nitrogens with zero attached hydrogens (tertiary/aromatic N) is 1. The van der Waals surface area contributed by atoms with E-state index in [4.69, 9.17) is 27.9 Å². The molecule has 2 rings (SSSR count). The lowest BCUT2D eigenvalue weighted by Gasteiger charge is -2.08. The van der Waals surface area contributed by atoms with Gasteiger partial charge in [0.05, 0.1) is 0 Å². The van der Waals surface area contributed by atoms with E-state index in [1.54, 1.807) is 6.07 Å². The first-order chi connectivity index (χ1) is 9.69. The molecule has 0 spiro atoms. The van der Waals surface area contributed by atoms with Crippen LogP contribution in [0.4, 0.5) is 0 Å². The van der Waals surface area contributed by atoms with Crippen molar-refractivity contribution in [1.29, 1.82) is 0 Å². The fourth-order valence-corrected chi connectivity index (χ4v) is 2.24. The summed E-state index contributed by atoms with van der Waals surface area (Å²) in [5.74, 6) is 0.830. The van der Waals surface area contributed by atoms with Crippen LogP contribution in [-0.2, 0) is 13.0 Å². The highest BCUT2D eigenvalue weighted by atomic mass is 35.5. The van der Waals surface area contributed by atoms with Gasteiger partial charge in [0.2, 0.25) is 0 Å². The average Bonchev–Trinajstić information content (AvgIpc) is 2.45. The van der Waals surface area contributed by atoms with Gasteiger partial charge < -0.3 is 4.74 Å². The van der Waals surface area contributed by atoms with Gasteiger partial charge in [-0.25, -0.2) is 4.98 Å².